The van der Waals surface area contributed by atoms with Crippen molar-refractivity contribution in [2.45, 2.75) is 50.7 Å². The smallest absolute Gasteiger partial charge is 0.168 e. The predicted molar refractivity (Wildman–Crippen MR) is 58.5 cm³/mol. The van der Waals surface area contributed by atoms with E-state index in [1.807, 2.05) is 0 Å². The average molecular weight is 221 g/mol. The van der Waals surface area contributed by atoms with Crippen LogP contribution in [0.25, 0.3) is 0 Å². The van der Waals surface area contributed by atoms with Gasteiger partial charge in [0.2, 0.25) is 0 Å². The zero-order valence-electron chi connectivity index (χ0n) is 9.71. The third-order valence-electron chi connectivity index (χ3n) is 4.40. The zero-order chi connectivity index (χ0) is 11.1. The van der Waals surface area contributed by atoms with Gasteiger partial charge >= 0.3 is 0 Å². The highest BCUT2D eigenvalue weighted by Crippen LogP contribution is 2.51. The van der Waals surface area contributed by atoms with Crippen LogP contribution in [-0.4, -0.2) is 19.0 Å². The van der Waals surface area contributed by atoms with Crippen molar-refractivity contribution in [1.29, 1.82) is 5.26 Å². The van der Waals surface area contributed by atoms with Gasteiger partial charge < -0.3 is 9.47 Å². The summed E-state index contributed by atoms with van der Waals surface area (Å²) >= 11 is 0. The van der Waals surface area contributed by atoms with Crippen molar-refractivity contribution in [2.75, 3.05) is 13.2 Å². The summed E-state index contributed by atoms with van der Waals surface area (Å²) in [5.41, 5.74) is -0.0677. The molecule has 0 unspecified atom stereocenters. The van der Waals surface area contributed by atoms with Crippen LogP contribution in [0.4, 0.5) is 0 Å². The van der Waals surface area contributed by atoms with Crippen molar-refractivity contribution in [3.63, 3.8) is 0 Å². The molecule has 0 aromatic heterocycles. The molecule has 2 saturated carbocycles. The molecule has 0 radical (unpaired) electrons. The molecule has 2 aliphatic carbocycles. The van der Waals surface area contributed by atoms with Gasteiger partial charge in [-0.1, -0.05) is 12.8 Å². The number of hydrogen-bond acceptors (Lipinski definition) is 3. The molecule has 1 spiro atoms. The number of rotatable bonds is 2. The Morgan fingerprint density at radius 3 is 2.19 bits per heavy atom. The monoisotopic (exact) mass is 221 g/mol. The second-order valence-electron chi connectivity index (χ2n) is 5.65. The second kappa shape index (κ2) is 3.72. The van der Waals surface area contributed by atoms with Gasteiger partial charge in [0, 0.05) is 12.8 Å². The number of ether oxygens (including phenoxy) is 2. The highest BCUT2D eigenvalue weighted by Gasteiger charge is 2.48. The first-order chi connectivity index (χ1) is 7.76. The highest BCUT2D eigenvalue weighted by atomic mass is 16.7. The van der Waals surface area contributed by atoms with Crippen LogP contribution in [0.3, 0.4) is 0 Å². The summed E-state index contributed by atoms with van der Waals surface area (Å²) in [4.78, 5) is 0. The van der Waals surface area contributed by atoms with Gasteiger partial charge in [0.1, 0.15) is 0 Å². The van der Waals surface area contributed by atoms with Gasteiger partial charge in [0.05, 0.1) is 24.7 Å². The van der Waals surface area contributed by atoms with Gasteiger partial charge in [-0.05, 0) is 25.2 Å². The maximum Gasteiger partial charge on any atom is 0.168 e. The van der Waals surface area contributed by atoms with E-state index < -0.39 is 0 Å². The van der Waals surface area contributed by atoms with Crippen LogP contribution >= 0.6 is 0 Å². The first-order valence-corrected chi connectivity index (χ1v) is 6.45. The quantitative estimate of drug-likeness (QED) is 0.719. The molecule has 3 nitrogen and oxygen atoms in total. The van der Waals surface area contributed by atoms with E-state index in [9.17, 15) is 5.26 Å². The van der Waals surface area contributed by atoms with E-state index in [1.165, 1.54) is 12.8 Å². The predicted octanol–water partition coefficient (Wildman–Crippen LogP) is 2.61. The van der Waals surface area contributed by atoms with E-state index in [-0.39, 0.29) is 11.2 Å². The Morgan fingerprint density at radius 1 is 1.06 bits per heavy atom. The van der Waals surface area contributed by atoms with Crippen LogP contribution in [0, 0.1) is 22.7 Å². The fourth-order valence-corrected chi connectivity index (χ4v) is 3.13. The van der Waals surface area contributed by atoms with Crippen LogP contribution in [-0.2, 0) is 9.47 Å². The molecule has 1 saturated heterocycles. The van der Waals surface area contributed by atoms with Gasteiger partial charge in [0.25, 0.3) is 0 Å². The molecule has 0 bridgehead atoms. The standard InChI is InChI=1S/C13H19NO2/c14-10-12(9-11-1-2-11)3-5-13(6-4-12)15-7-8-16-13/h11H,1-9H2. The molecule has 0 aromatic carbocycles. The Balaban J connectivity index is 1.64. The van der Waals surface area contributed by atoms with Crippen molar-refractivity contribution in [3.05, 3.63) is 0 Å². The lowest BCUT2D eigenvalue weighted by Crippen LogP contribution is -2.39. The van der Waals surface area contributed by atoms with Gasteiger partial charge in [-0.3, -0.25) is 0 Å². The van der Waals surface area contributed by atoms with Crippen LogP contribution < -0.4 is 0 Å². The van der Waals surface area contributed by atoms with Crippen molar-refractivity contribution in [1.82, 2.24) is 0 Å². The molecule has 0 amide bonds. The Bertz CT molecular complexity index is 300. The molecule has 3 heteroatoms. The first kappa shape index (κ1) is 10.6. The minimum absolute atomic E-state index is 0.0677. The van der Waals surface area contributed by atoms with Crippen LogP contribution in [0.2, 0.25) is 0 Å². The zero-order valence-corrected chi connectivity index (χ0v) is 9.71. The third-order valence-corrected chi connectivity index (χ3v) is 4.40. The lowest BCUT2D eigenvalue weighted by atomic mass is 9.70. The Kier molecular flexibility index (Phi) is 2.45. The average Bonchev–Trinajstić information content (AvgIpc) is 3.01. The molecule has 0 atom stereocenters. The van der Waals surface area contributed by atoms with Gasteiger partial charge in [-0.2, -0.15) is 5.26 Å². The number of hydrogen-bond donors (Lipinski definition) is 0. The normalized spacial score (nSPS) is 31.4. The molecular formula is C13H19NO2. The van der Waals surface area contributed by atoms with E-state index >= 15 is 0 Å². The van der Waals surface area contributed by atoms with Crippen molar-refractivity contribution < 1.29 is 9.47 Å². The molecule has 1 aliphatic heterocycles. The lowest BCUT2D eigenvalue weighted by molar-refractivity contribution is -0.188. The van der Waals surface area contributed by atoms with Gasteiger partial charge in [0.15, 0.2) is 5.79 Å². The molecule has 88 valence electrons. The van der Waals surface area contributed by atoms with Crippen molar-refractivity contribution in [2.24, 2.45) is 11.3 Å². The second-order valence-corrected chi connectivity index (χ2v) is 5.65. The van der Waals surface area contributed by atoms with E-state index in [0.29, 0.717) is 0 Å². The minimum Gasteiger partial charge on any atom is -0.348 e. The summed E-state index contributed by atoms with van der Waals surface area (Å²) in [6.07, 6.45) is 7.52. The largest absolute Gasteiger partial charge is 0.348 e. The van der Waals surface area contributed by atoms with Crippen molar-refractivity contribution >= 4 is 0 Å². The summed E-state index contributed by atoms with van der Waals surface area (Å²) in [6, 6.07) is 2.58. The fraction of sp³-hybridized carbons (Fsp3) is 0.923. The van der Waals surface area contributed by atoms with Crippen LogP contribution in [0.1, 0.15) is 44.9 Å². The summed E-state index contributed by atoms with van der Waals surface area (Å²) in [6.45, 7) is 1.45. The molecule has 3 rings (SSSR count). The van der Waals surface area contributed by atoms with Gasteiger partial charge in [-0.15, -0.1) is 0 Å². The molecule has 0 aromatic rings. The van der Waals surface area contributed by atoms with Gasteiger partial charge in [-0.25, -0.2) is 0 Å². The molecule has 16 heavy (non-hydrogen) atoms. The Labute approximate surface area is 96.7 Å². The SMILES string of the molecule is N#CC1(CC2CC2)CCC2(CC1)OCCO2. The summed E-state index contributed by atoms with van der Waals surface area (Å²) in [5, 5.41) is 9.42. The number of nitriles is 1. The van der Waals surface area contributed by atoms with E-state index in [0.717, 1.165) is 51.2 Å². The van der Waals surface area contributed by atoms with Crippen LogP contribution in [0.5, 0.6) is 0 Å². The third kappa shape index (κ3) is 1.85. The highest BCUT2D eigenvalue weighted by molar-refractivity contribution is 5.05. The lowest BCUT2D eigenvalue weighted by Gasteiger charge is -2.39. The number of nitrogens with zero attached hydrogens (tertiary/aromatic N) is 1. The first-order valence-electron chi connectivity index (χ1n) is 6.45. The summed E-state index contributed by atoms with van der Waals surface area (Å²) in [5.74, 6) is 0.517. The van der Waals surface area contributed by atoms with E-state index in [1.54, 1.807) is 0 Å². The molecular weight excluding hydrogens is 202 g/mol. The maximum absolute atomic E-state index is 9.42. The summed E-state index contributed by atoms with van der Waals surface area (Å²) < 4.78 is 11.4. The Hall–Kier alpha value is -0.590. The molecule has 3 aliphatic rings. The maximum atomic E-state index is 9.42. The molecule has 1 heterocycles. The van der Waals surface area contributed by atoms with E-state index in [4.69, 9.17) is 9.47 Å². The molecule has 3 fully saturated rings. The van der Waals surface area contributed by atoms with E-state index in [2.05, 4.69) is 6.07 Å². The topological polar surface area (TPSA) is 42.2 Å². The summed E-state index contributed by atoms with van der Waals surface area (Å²) in [7, 11) is 0. The minimum atomic E-state index is -0.316. The Morgan fingerprint density at radius 2 is 1.69 bits per heavy atom. The van der Waals surface area contributed by atoms with Crippen LogP contribution in [0.15, 0.2) is 0 Å². The fourth-order valence-electron chi connectivity index (χ4n) is 3.13. The van der Waals surface area contributed by atoms with Crippen molar-refractivity contribution in [3.8, 4) is 6.07 Å². The molecule has 0 N–H and O–H groups in total.